The Balaban J connectivity index is 1.80. The van der Waals surface area contributed by atoms with Gasteiger partial charge in [0, 0.05) is 18.5 Å². The molecule has 7 nitrogen and oxygen atoms in total. The summed E-state index contributed by atoms with van der Waals surface area (Å²) in [6.07, 6.45) is -0.261. The van der Waals surface area contributed by atoms with E-state index in [9.17, 15) is 4.79 Å². The Labute approximate surface area is 147 Å². The standard InChI is InChI=1S/C18H25N5O2/c1-18(2,3)17-20-16(21-22-17)13-11-23(9-10-25-13)14(15(19)24)12-7-5-4-6-8-12/h4-8,13-14H,9-11H2,1-3H3,(H2,19,24)(H,20,21,22)/t13-,14+/m1/s1. The first-order chi connectivity index (χ1) is 11.9. The molecule has 2 heterocycles. The molecule has 1 amide bonds. The van der Waals surface area contributed by atoms with Crippen LogP contribution in [0.15, 0.2) is 30.3 Å². The lowest BCUT2D eigenvalue weighted by Gasteiger charge is -2.36. The third-order valence-corrected chi connectivity index (χ3v) is 4.33. The van der Waals surface area contributed by atoms with Gasteiger partial charge in [-0.2, -0.15) is 5.10 Å². The third kappa shape index (κ3) is 3.88. The lowest BCUT2D eigenvalue weighted by Crippen LogP contribution is -2.45. The highest BCUT2D eigenvalue weighted by molar-refractivity contribution is 5.81. The van der Waals surface area contributed by atoms with E-state index in [1.807, 2.05) is 35.2 Å². The molecule has 1 aromatic heterocycles. The molecule has 1 aliphatic heterocycles. The maximum Gasteiger partial charge on any atom is 0.239 e. The molecule has 0 spiro atoms. The molecule has 134 valence electrons. The second-order valence-corrected chi connectivity index (χ2v) is 7.36. The summed E-state index contributed by atoms with van der Waals surface area (Å²) in [6, 6.07) is 9.12. The number of morpholine rings is 1. The van der Waals surface area contributed by atoms with Gasteiger partial charge in [0.25, 0.3) is 0 Å². The molecule has 3 N–H and O–H groups in total. The van der Waals surface area contributed by atoms with Crippen LogP contribution in [0.2, 0.25) is 0 Å². The van der Waals surface area contributed by atoms with Gasteiger partial charge in [0.05, 0.1) is 6.61 Å². The van der Waals surface area contributed by atoms with Crippen LogP contribution in [-0.2, 0) is 14.9 Å². The highest BCUT2D eigenvalue weighted by Gasteiger charge is 2.33. The van der Waals surface area contributed by atoms with E-state index in [2.05, 4.69) is 36.0 Å². The Morgan fingerprint density at radius 3 is 2.68 bits per heavy atom. The lowest BCUT2D eigenvalue weighted by atomic mass is 9.96. The molecule has 7 heteroatoms. The summed E-state index contributed by atoms with van der Waals surface area (Å²) in [5.74, 6) is 1.07. The smallest absolute Gasteiger partial charge is 0.239 e. The van der Waals surface area contributed by atoms with Crippen LogP contribution in [-0.4, -0.2) is 45.7 Å². The number of carbonyl (C=O) groups excluding carboxylic acids is 1. The number of hydrogen-bond acceptors (Lipinski definition) is 5. The minimum Gasteiger partial charge on any atom is -0.368 e. The zero-order valence-electron chi connectivity index (χ0n) is 14.9. The van der Waals surface area contributed by atoms with Crippen molar-refractivity contribution in [1.82, 2.24) is 20.1 Å². The second kappa shape index (κ2) is 6.93. The van der Waals surface area contributed by atoms with Crippen LogP contribution < -0.4 is 5.73 Å². The summed E-state index contributed by atoms with van der Waals surface area (Å²) in [4.78, 5) is 18.7. The van der Waals surface area contributed by atoms with Crippen molar-refractivity contribution in [2.24, 2.45) is 5.73 Å². The van der Waals surface area contributed by atoms with Gasteiger partial charge < -0.3 is 10.5 Å². The molecule has 1 aromatic carbocycles. The van der Waals surface area contributed by atoms with Gasteiger partial charge in [-0.1, -0.05) is 51.1 Å². The average Bonchev–Trinajstić information content (AvgIpc) is 3.06. The summed E-state index contributed by atoms with van der Waals surface area (Å²) < 4.78 is 5.86. The van der Waals surface area contributed by atoms with Gasteiger partial charge in [-0.3, -0.25) is 14.8 Å². The first-order valence-electron chi connectivity index (χ1n) is 8.49. The molecule has 3 rings (SSSR count). The van der Waals surface area contributed by atoms with Gasteiger partial charge >= 0.3 is 0 Å². The van der Waals surface area contributed by atoms with E-state index in [1.54, 1.807) is 0 Å². The topological polar surface area (TPSA) is 97.1 Å². The number of amides is 1. The molecule has 0 saturated carbocycles. The summed E-state index contributed by atoms with van der Waals surface area (Å²) in [7, 11) is 0. The summed E-state index contributed by atoms with van der Waals surface area (Å²) in [6.45, 7) is 7.86. The Hall–Kier alpha value is -2.25. The number of aromatic nitrogens is 3. The Morgan fingerprint density at radius 2 is 2.08 bits per heavy atom. The molecular formula is C18H25N5O2. The maximum atomic E-state index is 12.1. The minimum absolute atomic E-state index is 0.136. The van der Waals surface area contributed by atoms with E-state index in [1.165, 1.54) is 0 Å². The number of carbonyl (C=O) groups is 1. The van der Waals surface area contributed by atoms with Crippen LogP contribution in [0.4, 0.5) is 0 Å². The molecule has 0 bridgehead atoms. The van der Waals surface area contributed by atoms with Crippen molar-refractivity contribution in [3.63, 3.8) is 0 Å². The number of benzene rings is 1. The third-order valence-electron chi connectivity index (χ3n) is 4.33. The van der Waals surface area contributed by atoms with E-state index >= 15 is 0 Å². The highest BCUT2D eigenvalue weighted by atomic mass is 16.5. The van der Waals surface area contributed by atoms with Crippen molar-refractivity contribution < 1.29 is 9.53 Å². The van der Waals surface area contributed by atoms with E-state index in [-0.39, 0.29) is 17.4 Å². The molecule has 2 aromatic rings. The number of ether oxygens (including phenoxy) is 1. The largest absolute Gasteiger partial charge is 0.368 e. The second-order valence-electron chi connectivity index (χ2n) is 7.36. The van der Waals surface area contributed by atoms with Crippen molar-refractivity contribution in [3.8, 4) is 0 Å². The zero-order valence-corrected chi connectivity index (χ0v) is 14.9. The SMILES string of the molecule is CC(C)(C)c1n[nH]c([C@H]2CN([C@H](C(N)=O)c3ccccc3)CCO2)n1. The number of hydrogen-bond donors (Lipinski definition) is 2. The van der Waals surface area contributed by atoms with Crippen LogP contribution in [0.5, 0.6) is 0 Å². The molecule has 1 saturated heterocycles. The molecule has 1 fully saturated rings. The molecule has 0 aliphatic carbocycles. The Morgan fingerprint density at radius 1 is 1.36 bits per heavy atom. The molecule has 0 radical (unpaired) electrons. The van der Waals surface area contributed by atoms with Crippen molar-refractivity contribution in [2.75, 3.05) is 19.7 Å². The predicted molar refractivity (Wildman–Crippen MR) is 93.7 cm³/mol. The molecule has 1 aliphatic rings. The highest BCUT2D eigenvalue weighted by Crippen LogP contribution is 2.28. The number of nitrogens with one attached hydrogen (secondary N) is 1. The summed E-state index contributed by atoms with van der Waals surface area (Å²) in [5.41, 5.74) is 6.44. The van der Waals surface area contributed by atoms with Gasteiger partial charge in [0.15, 0.2) is 11.6 Å². The van der Waals surface area contributed by atoms with Crippen molar-refractivity contribution in [2.45, 2.75) is 38.3 Å². The molecular weight excluding hydrogens is 318 g/mol. The number of nitrogens with zero attached hydrogens (tertiary/aromatic N) is 3. The fourth-order valence-corrected chi connectivity index (χ4v) is 3.01. The first kappa shape index (κ1) is 17.6. The van der Waals surface area contributed by atoms with E-state index < -0.39 is 6.04 Å². The molecule has 0 unspecified atom stereocenters. The van der Waals surface area contributed by atoms with Gasteiger partial charge in [-0.05, 0) is 5.56 Å². The number of primary amides is 1. The van der Waals surface area contributed by atoms with E-state index in [0.29, 0.717) is 25.5 Å². The molecule has 25 heavy (non-hydrogen) atoms. The zero-order chi connectivity index (χ0) is 18.0. The number of rotatable bonds is 4. The molecule has 2 atom stereocenters. The van der Waals surface area contributed by atoms with E-state index in [4.69, 9.17) is 10.5 Å². The lowest BCUT2D eigenvalue weighted by molar-refractivity contribution is -0.127. The van der Waals surface area contributed by atoms with Gasteiger partial charge in [-0.25, -0.2) is 4.98 Å². The van der Waals surface area contributed by atoms with Gasteiger partial charge in [0.2, 0.25) is 5.91 Å². The normalized spacial score (nSPS) is 20.4. The maximum absolute atomic E-state index is 12.1. The fourth-order valence-electron chi connectivity index (χ4n) is 3.01. The van der Waals surface area contributed by atoms with Crippen molar-refractivity contribution >= 4 is 5.91 Å². The first-order valence-corrected chi connectivity index (χ1v) is 8.49. The van der Waals surface area contributed by atoms with Gasteiger partial charge in [-0.15, -0.1) is 0 Å². The van der Waals surface area contributed by atoms with Crippen LogP contribution >= 0.6 is 0 Å². The monoisotopic (exact) mass is 343 g/mol. The quantitative estimate of drug-likeness (QED) is 0.881. The Bertz CT molecular complexity index is 723. The number of H-pyrrole nitrogens is 1. The Kier molecular flexibility index (Phi) is 4.87. The number of nitrogens with two attached hydrogens (primary N) is 1. The van der Waals surface area contributed by atoms with Crippen LogP contribution in [0, 0.1) is 0 Å². The van der Waals surface area contributed by atoms with Crippen LogP contribution in [0.1, 0.15) is 50.1 Å². The number of aromatic amines is 1. The van der Waals surface area contributed by atoms with E-state index in [0.717, 1.165) is 11.4 Å². The fraction of sp³-hybridized carbons (Fsp3) is 0.500. The minimum atomic E-state index is -0.474. The summed E-state index contributed by atoms with van der Waals surface area (Å²) >= 11 is 0. The summed E-state index contributed by atoms with van der Waals surface area (Å²) in [5, 5.41) is 7.28. The average molecular weight is 343 g/mol. The predicted octanol–water partition coefficient (Wildman–Crippen LogP) is 1.70. The van der Waals surface area contributed by atoms with Crippen LogP contribution in [0.25, 0.3) is 0 Å². The van der Waals surface area contributed by atoms with Gasteiger partial charge in [0.1, 0.15) is 12.1 Å². The van der Waals surface area contributed by atoms with Crippen molar-refractivity contribution in [1.29, 1.82) is 0 Å². The van der Waals surface area contributed by atoms with Crippen LogP contribution in [0.3, 0.4) is 0 Å². The van der Waals surface area contributed by atoms with Crippen molar-refractivity contribution in [3.05, 3.63) is 47.5 Å².